The molecule has 1 aliphatic rings. The van der Waals surface area contributed by atoms with Gasteiger partial charge in [-0.05, 0) is 52.2 Å². The van der Waals surface area contributed by atoms with Crippen LogP contribution in [-0.4, -0.2) is 39.0 Å². The number of hydrogen-bond donors (Lipinski definition) is 1. The number of rotatable bonds is 3. The topological polar surface area (TPSA) is 78.3 Å². The molecule has 1 N–H and O–H groups in total. The Bertz CT molecular complexity index is 800. The Kier molecular flexibility index (Phi) is 4.21. The van der Waals surface area contributed by atoms with Gasteiger partial charge < -0.3 is 14.6 Å². The first-order valence-corrected chi connectivity index (χ1v) is 8.22. The molecule has 3 rings (SSSR count). The number of amides is 1. The van der Waals surface area contributed by atoms with Crippen molar-refractivity contribution in [3.8, 4) is 0 Å². The zero-order chi connectivity index (χ0) is 18.4. The quantitative estimate of drug-likeness (QED) is 0.859. The minimum Gasteiger partial charge on any atom is -0.399 e. The van der Waals surface area contributed by atoms with Crippen LogP contribution in [0.15, 0.2) is 24.5 Å². The van der Waals surface area contributed by atoms with Crippen LogP contribution in [0.25, 0.3) is 0 Å². The molecule has 0 unspecified atom stereocenters. The first-order valence-electron chi connectivity index (χ1n) is 8.22. The van der Waals surface area contributed by atoms with E-state index < -0.39 is 18.3 Å². The van der Waals surface area contributed by atoms with E-state index in [0.717, 1.165) is 11.2 Å². The van der Waals surface area contributed by atoms with Crippen molar-refractivity contribution >= 4 is 24.2 Å². The monoisotopic (exact) mass is 342 g/mol. The van der Waals surface area contributed by atoms with E-state index >= 15 is 0 Å². The summed E-state index contributed by atoms with van der Waals surface area (Å²) < 4.78 is 13.8. The van der Waals surface area contributed by atoms with Gasteiger partial charge in [-0.25, -0.2) is 4.98 Å². The number of carbonyl (C=O) groups excluding carboxylic acids is 1. The highest BCUT2D eigenvalue weighted by Gasteiger charge is 2.51. The lowest BCUT2D eigenvalue weighted by Crippen LogP contribution is -2.41. The van der Waals surface area contributed by atoms with Gasteiger partial charge in [-0.15, -0.1) is 0 Å². The smallest absolute Gasteiger partial charge is 0.399 e. The minimum atomic E-state index is -0.531. The number of nitrogens with zero attached hydrogens (tertiary/aromatic N) is 3. The third-order valence-electron chi connectivity index (χ3n) is 4.70. The number of anilines is 1. The van der Waals surface area contributed by atoms with Crippen LogP contribution < -0.4 is 10.8 Å². The third kappa shape index (κ3) is 3.45. The highest BCUT2D eigenvalue weighted by molar-refractivity contribution is 6.62. The van der Waals surface area contributed by atoms with Crippen molar-refractivity contribution in [1.29, 1.82) is 0 Å². The first-order chi connectivity index (χ1) is 11.6. The number of aromatic nitrogens is 3. The number of aryl methyl sites for hydroxylation is 2. The maximum atomic E-state index is 12.5. The van der Waals surface area contributed by atoms with Crippen LogP contribution in [0.1, 0.15) is 43.9 Å². The lowest BCUT2D eigenvalue weighted by atomic mass is 9.79. The number of pyridine rings is 1. The lowest BCUT2D eigenvalue weighted by Gasteiger charge is -2.32. The summed E-state index contributed by atoms with van der Waals surface area (Å²) in [5.74, 6) is -0.297. The average molecular weight is 342 g/mol. The summed E-state index contributed by atoms with van der Waals surface area (Å²) in [5.41, 5.74) is 1.56. The SMILES string of the molecule is Cc1cc(B2OC(C)(C)C(C)(C)O2)cc(C(=O)Nc2cnn(C)c2)n1. The fourth-order valence-electron chi connectivity index (χ4n) is 2.61. The van der Waals surface area contributed by atoms with Crippen molar-refractivity contribution in [3.63, 3.8) is 0 Å². The van der Waals surface area contributed by atoms with Gasteiger partial charge in [0.05, 0.1) is 23.1 Å². The fourth-order valence-corrected chi connectivity index (χ4v) is 2.61. The Balaban J connectivity index is 1.85. The number of hydrogen-bond acceptors (Lipinski definition) is 5. The molecule has 2 aromatic heterocycles. The van der Waals surface area contributed by atoms with E-state index in [-0.39, 0.29) is 5.91 Å². The van der Waals surface area contributed by atoms with E-state index in [9.17, 15) is 4.79 Å². The summed E-state index contributed by atoms with van der Waals surface area (Å²) in [7, 11) is 1.26. The van der Waals surface area contributed by atoms with Crippen molar-refractivity contribution in [2.75, 3.05) is 5.32 Å². The molecule has 1 fully saturated rings. The summed E-state index contributed by atoms with van der Waals surface area (Å²) >= 11 is 0. The van der Waals surface area contributed by atoms with Gasteiger partial charge in [0.25, 0.3) is 5.91 Å². The fraction of sp³-hybridized carbons (Fsp3) is 0.471. The molecule has 2 aromatic rings. The maximum absolute atomic E-state index is 12.5. The Morgan fingerprint density at radius 2 is 1.84 bits per heavy atom. The Labute approximate surface area is 147 Å². The van der Waals surface area contributed by atoms with Crippen LogP contribution in [0.3, 0.4) is 0 Å². The Morgan fingerprint density at radius 1 is 1.20 bits per heavy atom. The lowest BCUT2D eigenvalue weighted by molar-refractivity contribution is 0.00578. The molecule has 1 aliphatic heterocycles. The summed E-state index contributed by atoms with van der Waals surface area (Å²) in [6.45, 7) is 9.83. The van der Waals surface area contributed by atoms with Crippen LogP contribution in [0, 0.1) is 6.92 Å². The molecular formula is C17H23BN4O3. The second-order valence-electron chi connectivity index (χ2n) is 7.37. The highest BCUT2D eigenvalue weighted by Crippen LogP contribution is 2.36. The van der Waals surface area contributed by atoms with Gasteiger partial charge in [-0.3, -0.25) is 9.48 Å². The van der Waals surface area contributed by atoms with Gasteiger partial charge >= 0.3 is 7.12 Å². The standard InChI is InChI=1S/C17H23BN4O3/c1-11-7-12(18-24-16(2,3)17(4,5)25-18)8-14(20-11)15(23)21-13-9-19-22(6)10-13/h7-10H,1-6H3,(H,21,23). The molecule has 0 radical (unpaired) electrons. The van der Waals surface area contributed by atoms with Gasteiger partial charge in [0, 0.05) is 18.9 Å². The van der Waals surface area contributed by atoms with Gasteiger partial charge in [0.15, 0.2) is 0 Å². The molecule has 0 bridgehead atoms. The van der Waals surface area contributed by atoms with Crippen molar-refractivity contribution < 1.29 is 14.1 Å². The van der Waals surface area contributed by atoms with Gasteiger partial charge in [0.2, 0.25) is 0 Å². The minimum absolute atomic E-state index is 0.297. The second-order valence-corrected chi connectivity index (χ2v) is 7.37. The van der Waals surface area contributed by atoms with Gasteiger partial charge in [-0.2, -0.15) is 5.10 Å². The number of carbonyl (C=O) groups is 1. The van der Waals surface area contributed by atoms with Crippen LogP contribution in [0.4, 0.5) is 5.69 Å². The van der Waals surface area contributed by atoms with Crippen LogP contribution in [0.2, 0.25) is 0 Å². The zero-order valence-corrected chi connectivity index (χ0v) is 15.5. The van der Waals surface area contributed by atoms with E-state index in [1.807, 2.05) is 40.7 Å². The number of nitrogens with one attached hydrogen (secondary N) is 1. The molecule has 132 valence electrons. The van der Waals surface area contributed by atoms with Crippen LogP contribution in [-0.2, 0) is 16.4 Å². The summed E-state index contributed by atoms with van der Waals surface area (Å²) in [6.07, 6.45) is 3.31. The van der Waals surface area contributed by atoms with E-state index in [2.05, 4.69) is 15.4 Å². The van der Waals surface area contributed by atoms with E-state index in [0.29, 0.717) is 11.4 Å². The second kappa shape index (κ2) is 5.96. The molecule has 3 heterocycles. The molecule has 0 saturated carbocycles. The van der Waals surface area contributed by atoms with Crippen LogP contribution in [0.5, 0.6) is 0 Å². The van der Waals surface area contributed by atoms with E-state index in [1.165, 1.54) is 0 Å². The third-order valence-corrected chi connectivity index (χ3v) is 4.70. The molecule has 25 heavy (non-hydrogen) atoms. The summed E-state index contributed by atoms with van der Waals surface area (Å²) in [6, 6.07) is 3.59. The molecule has 1 amide bonds. The Hall–Kier alpha value is -2.19. The predicted octanol–water partition coefficient (Wildman–Crippen LogP) is 1.68. The first kappa shape index (κ1) is 17.6. The van der Waals surface area contributed by atoms with Crippen LogP contribution >= 0.6 is 0 Å². The van der Waals surface area contributed by atoms with Crippen molar-refractivity contribution in [3.05, 3.63) is 35.9 Å². The Morgan fingerprint density at radius 3 is 2.40 bits per heavy atom. The van der Waals surface area contributed by atoms with Gasteiger partial charge in [-0.1, -0.05) is 0 Å². The van der Waals surface area contributed by atoms with Crippen molar-refractivity contribution in [2.45, 2.75) is 45.8 Å². The van der Waals surface area contributed by atoms with E-state index in [4.69, 9.17) is 9.31 Å². The molecule has 1 saturated heterocycles. The van der Waals surface area contributed by atoms with Crippen molar-refractivity contribution in [1.82, 2.24) is 14.8 Å². The molecular weight excluding hydrogens is 319 g/mol. The molecule has 0 spiro atoms. The van der Waals surface area contributed by atoms with Gasteiger partial charge in [0.1, 0.15) is 5.69 Å². The highest BCUT2D eigenvalue weighted by atomic mass is 16.7. The van der Waals surface area contributed by atoms with Crippen molar-refractivity contribution in [2.24, 2.45) is 7.05 Å². The van der Waals surface area contributed by atoms with E-state index in [1.54, 1.807) is 30.2 Å². The molecule has 0 aromatic carbocycles. The molecule has 0 atom stereocenters. The molecule has 7 nitrogen and oxygen atoms in total. The zero-order valence-electron chi connectivity index (χ0n) is 15.5. The largest absolute Gasteiger partial charge is 0.494 e. The summed E-state index contributed by atoms with van der Waals surface area (Å²) in [4.78, 5) is 16.8. The maximum Gasteiger partial charge on any atom is 0.494 e. The summed E-state index contributed by atoms with van der Waals surface area (Å²) in [5, 5.41) is 6.83. The normalized spacial score (nSPS) is 18.4. The molecule has 0 aliphatic carbocycles. The average Bonchev–Trinajstić information content (AvgIpc) is 2.99. The predicted molar refractivity (Wildman–Crippen MR) is 95.9 cm³/mol. The molecule has 8 heteroatoms.